The van der Waals surface area contributed by atoms with Crippen LogP contribution < -0.4 is 10.6 Å². The Balaban J connectivity index is 1.80. The predicted molar refractivity (Wildman–Crippen MR) is 79.1 cm³/mol. The Morgan fingerprint density at radius 2 is 1.05 bits per heavy atom. The lowest BCUT2D eigenvalue weighted by Crippen LogP contribution is -2.51. The summed E-state index contributed by atoms with van der Waals surface area (Å²) in [5, 5.41) is 5.84. The second-order valence-corrected chi connectivity index (χ2v) is 6.68. The largest absolute Gasteiger partial charge is 0.345 e. The van der Waals surface area contributed by atoms with E-state index in [0.717, 1.165) is 38.5 Å². The molecular formula is C16H28N2O2. The van der Waals surface area contributed by atoms with Gasteiger partial charge in [-0.2, -0.15) is 0 Å². The van der Waals surface area contributed by atoms with E-state index in [4.69, 9.17) is 0 Å². The molecule has 4 heteroatoms. The molecule has 0 aromatic heterocycles. The number of carbonyl (C=O) groups is 2. The first-order chi connectivity index (χ1) is 9.58. The maximum absolute atomic E-state index is 12.0. The van der Waals surface area contributed by atoms with Gasteiger partial charge in [0.15, 0.2) is 0 Å². The minimum atomic E-state index is -0.443. The molecule has 0 bridgehead atoms. The zero-order chi connectivity index (χ0) is 14.5. The van der Waals surface area contributed by atoms with Gasteiger partial charge >= 0.3 is 11.8 Å². The van der Waals surface area contributed by atoms with Crippen molar-refractivity contribution in [2.75, 3.05) is 0 Å². The lowest BCUT2D eigenvalue weighted by molar-refractivity contribution is -0.140. The molecule has 0 unspecified atom stereocenters. The monoisotopic (exact) mass is 280 g/mol. The molecule has 4 nitrogen and oxygen atoms in total. The maximum Gasteiger partial charge on any atom is 0.309 e. The van der Waals surface area contributed by atoms with Crippen LogP contribution >= 0.6 is 0 Å². The lowest BCUT2D eigenvalue weighted by atomic mass is 9.85. The molecule has 0 saturated heterocycles. The molecule has 4 atom stereocenters. The molecule has 0 aromatic rings. The van der Waals surface area contributed by atoms with Gasteiger partial charge in [-0.1, -0.05) is 39.5 Å². The van der Waals surface area contributed by atoms with Crippen molar-refractivity contribution in [2.24, 2.45) is 11.8 Å². The third-order valence-electron chi connectivity index (χ3n) is 5.06. The second kappa shape index (κ2) is 7.09. The Morgan fingerprint density at radius 1 is 0.700 bits per heavy atom. The van der Waals surface area contributed by atoms with Crippen molar-refractivity contribution in [3.63, 3.8) is 0 Å². The van der Waals surface area contributed by atoms with Crippen LogP contribution in [0.15, 0.2) is 0 Å². The smallest absolute Gasteiger partial charge is 0.309 e. The van der Waals surface area contributed by atoms with Crippen molar-refractivity contribution < 1.29 is 9.59 Å². The van der Waals surface area contributed by atoms with Crippen molar-refractivity contribution in [3.8, 4) is 0 Å². The van der Waals surface area contributed by atoms with Gasteiger partial charge in [-0.15, -0.1) is 0 Å². The van der Waals surface area contributed by atoms with Crippen LogP contribution in [0.4, 0.5) is 0 Å². The first-order valence-electron chi connectivity index (χ1n) is 8.19. The minimum absolute atomic E-state index is 0.172. The zero-order valence-electron chi connectivity index (χ0n) is 12.8. The van der Waals surface area contributed by atoms with Crippen LogP contribution in [0.2, 0.25) is 0 Å². The molecular weight excluding hydrogens is 252 g/mol. The minimum Gasteiger partial charge on any atom is -0.345 e. The predicted octanol–water partition coefficient (Wildman–Crippen LogP) is 2.38. The SMILES string of the molecule is C[C@@H]1CCCC[C@@H]1NC(=O)C(=O)N[C@H]1CCCC[C@H]1C. The highest BCUT2D eigenvalue weighted by Crippen LogP contribution is 2.24. The Kier molecular flexibility index (Phi) is 5.44. The van der Waals surface area contributed by atoms with Crippen LogP contribution in [-0.4, -0.2) is 23.9 Å². The van der Waals surface area contributed by atoms with Gasteiger partial charge < -0.3 is 10.6 Å². The average molecular weight is 280 g/mol. The Hall–Kier alpha value is -1.06. The van der Waals surface area contributed by atoms with Gasteiger partial charge in [0.2, 0.25) is 0 Å². The topological polar surface area (TPSA) is 58.2 Å². The summed E-state index contributed by atoms with van der Waals surface area (Å²) in [6.45, 7) is 4.32. The number of amides is 2. The molecule has 2 N–H and O–H groups in total. The summed E-state index contributed by atoms with van der Waals surface area (Å²) in [6.07, 6.45) is 9.06. The van der Waals surface area contributed by atoms with Gasteiger partial charge in [0.05, 0.1) is 0 Å². The number of carbonyl (C=O) groups excluding carboxylic acids is 2. The number of hydrogen-bond donors (Lipinski definition) is 2. The van der Waals surface area contributed by atoms with Crippen LogP contribution in [0.1, 0.15) is 65.2 Å². The van der Waals surface area contributed by atoms with E-state index in [1.807, 2.05) is 0 Å². The van der Waals surface area contributed by atoms with Crippen LogP contribution in [0, 0.1) is 11.8 Å². The molecule has 0 aliphatic heterocycles. The van der Waals surface area contributed by atoms with E-state index in [2.05, 4.69) is 24.5 Å². The van der Waals surface area contributed by atoms with E-state index in [1.54, 1.807) is 0 Å². The number of hydrogen-bond acceptors (Lipinski definition) is 2. The first-order valence-corrected chi connectivity index (χ1v) is 8.19. The Bertz CT molecular complexity index is 322. The lowest BCUT2D eigenvalue weighted by Gasteiger charge is -2.31. The molecule has 2 fully saturated rings. The van der Waals surface area contributed by atoms with E-state index < -0.39 is 11.8 Å². The molecule has 2 saturated carbocycles. The molecule has 0 spiro atoms. The number of rotatable bonds is 2. The van der Waals surface area contributed by atoms with E-state index in [9.17, 15) is 9.59 Å². The summed E-state index contributed by atoms with van der Waals surface area (Å²) in [6, 6.07) is 0.344. The molecule has 0 radical (unpaired) electrons. The maximum atomic E-state index is 12.0. The van der Waals surface area contributed by atoms with Crippen molar-refractivity contribution in [1.82, 2.24) is 10.6 Å². The van der Waals surface area contributed by atoms with Crippen molar-refractivity contribution in [2.45, 2.75) is 77.3 Å². The van der Waals surface area contributed by atoms with E-state index in [-0.39, 0.29) is 12.1 Å². The quantitative estimate of drug-likeness (QED) is 0.763. The molecule has 2 amide bonds. The average Bonchev–Trinajstić information content (AvgIpc) is 2.43. The Labute approximate surface area is 122 Å². The molecule has 114 valence electrons. The standard InChI is InChI=1S/C16H28N2O2/c1-11-7-3-5-9-13(11)17-15(19)16(20)18-14-10-6-4-8-12(14)2/h11-14H,3-10H2,1-2H3,(H,17,19)(H,18,20)/t11-,12-,13+,14+/m1/s1. The fourth-order valence-electron chi connectivity index (χ4n) is 3.53. The first kappa shape index (κ1) is 15.3. The highest BCUT2D eigenvalue weighted by Gasteiger charge is 2.28. The second-order valence-electron chi connectivity index (χ2n) is 6.68. The van der Waals surface area contributed by atoms with Gasteiger partial charge in [0.25, 0.3) is 0 Å². The number of nitrogens with one attached hydrogen (secondary N) is 2. The molecule has 2 aliphatic carbocycles. The van der Waals surface area contributed by atoms with Crippen LogP contribution in [0.3, 0.4) is 0 Å². The van der Waals surface area contributed by atoms with E-state index in [0.29, 0.717) is 11.8 Å². The van der Waals surface area contributed by atoms with Crippen molar-refractivity contribution >= 4 is 11.8 Å². The summed E-state index contributed by atoms with van der Waals surface area (Å²) in [4.78, 5) is 24.0. The van der Waals surface area contributed by atoms with Crippen molar-refractivity contribution in [1.29, 1.82) is 0 Å². The van der Waals surface area contributed by atoms with Crippen molar-refractivity contribution in [3.05, 3.63) is 0 Å². The summed E-state index contributed by atoms with van der Waals surface area (Å²) in [7, 11) is 0. The fourth-order valence-corrected chi connectivity index (χ4v) is 3.53. The normalized spacial score (nSPS) is 34.3. The highest BCUT2D eigenvalue weighted by atomic mass is 16.2. The van der Waals surface area contributed by atoms with Crippen LogP contribution in [0.25, 0.3) is 0 Å². The van der Waals surface area contributed by atoms with Gasteiger partial charge in [0, 0.05) is 12.1 Å². The molecule has 2 aliphatic rings. The van der Waals surface area contributed by atoms with Crippen LogP contribution in [0.5, 0.6) is 0 Å². The van der Waals surface area contributed by atoms with Gasteiger partial charge in [-0.05, 0) is 37.5 Å². The van der Waals surface area contributed by atoms with E-state index in [1.165, 1.54) is 12.8 Å². The molecule has 0 aromatic carbocycles. The molecule has 20 heavy (non-hydrogen) atoms. The molecule has 0 heterocycles. The zero-order valence-corrected chi connectivity index (χ0v) is 12.8. The fraction of sp³-hybridized carbons (Fsp3) is 0.875. The van der Waals surface area contributed by atoms with Crippen LogP contribution in [-0.2, 0) is 9.59 Å². The summed E-state index contributed by atoms with van der Waals surface area (Å²) < 4.78 is 0. The van der Waals surface area contributed by atoms with Gasteiger partial charge in [-0.3, -0.25) is 9.59 Å². The summed E-state index contributed by atoms with van der Waals surface area (Å²) in [5.41, 5.74) is 0. The van der Waals surface area contributed by atoms with E-state index >= 15 is 0 Å². The third kappa shape index (κ3) is 3.97. The summed E-state index contributed by atoms with van der Waals surface area (Å²) in [5.74, 6) is 0.0752. The van der Waals surface area contributed by atoms with Gasteiger partial charge in [0.1, 0.15) is 0 Å². The summed E-state index contributed by atoms with van der Waals surface area (Å²) >= 11 is 0. The van der Waals surface area contributed by atoms with Gasteiger partial charge in [-0.25, -0.2) is 0 Å². The third-order valence-corrected chi connectivity index (χ3v) is 5.06. The Morgan fingerprint density at radius 3 is 1.40 bits per heavy atom. The highest BCUT2D eigenvalue weighted by molar-refractivity contribution is 6.35. The molecule has 2 rings (SSSR count).